The summed E-state index contributed by atoms with van der Waals surface area (Å²) in [7, 11) is -1.65. The van der Waals surface area contributed by atoms with Crippen LogP contribution in [-0.2, 0) is 20.4 Å². The minimum atomic E-state index is -1.65. The number of hydrogen-bond acceptors (Lipinski definition) is 3. The van der Waals surface area contributed by atoms with Gasteiger partial charge >= 0.3 is 0 Å². The largest absolute Gasteiger partial charge is 0.294 e. The Morgan fingerprint density at radius 3 is 1.94 bits per heavy atom. The van der Waals surface area contributed by atoms with Crippen LogP contribution in [0.2, 0.25) is 0 Å². The maximum atomic E-state index is 12.3. The van der Waals surface area contributed by atoms with Gasteiger partial charge in [-0.25, -0.2) is 4.21 Å². The molecule has 5 heteroatoms. The monoisotopic (exact) mass is 328 g/mol. The summed E-state index contributed by atoms with van der Waals surface area (Å²) in [6, 6.07) is 7.00. The van der Waals surface area contributed by atoms with Gasteiger partial charge in [-0.1, -0.05) is 17.7 Å². The van der Waals surface area contributed by atoms with Crippen molar-refractivity contribution in [2.45, 2.75) is 25.7 Å². The molecule has 0 amide bonds. The number of Topliss-reactive ketones (excluding diaryl/α,β-unsaturated/α-hetero) is 2. The zero-order valence-electron chi connectivity index (χ0n) is 10.3. The van der Waals surface area contributed by atoms with Crippen LogP contribution in [0, 0.1) is 6.92 Å². The van der Waals surface area contributed by atoms with Gasteiger partial charge in [0.05, 0.1) is 15.3 Å². The van der Waals surface area contributed by atoms with E-state index >= 15 is 0 Å². The fourth-order valence-corrected chi connectivity index (χ4v) is 3.21. The second-order valence-electron chi connectivity index (χ2n) is 3.84. The molecule has 0 heterocycles. The number of carbonyl (C=O) groups is 2. The fourth-order valence-electron chi connectivity index (χ4n) is 1.31. The Bertz CT molecular complexity index is 544. The van der Waals surface area contributed by atoms with Crippen LogP contribution < -0.4 is 0 Å². The van der Waals surface area contributed by atoms with Crippen molar-refractivity contribution < 1.29 is 13.8 Å². The molecule has 1 aromatic rings. The SMILES string of the molecule is CC(=O)/C(Br)=C(\C(C)=O)S(=O)c1ccc(C)cc1. The minimum Gasteiger partial charge on any atom is -0.294 e. The second-order valence-corrected chi connectivity index (χ2v) is 6.05. The molecule has 96 valence electrons. The van der Waals surface area contributed by atoms with Gasteiger partial charge in [-0.3, -0.25) is 9.59 Å². The Morgan fingerprint density at radius 2 is 1.56 bits per heavy atom. The fraction of sp³-hybridized carbons (Fsp3) is 0.231. The van der Waals surface area contributed by atoms with E-state index in [1.807, 2.05) is 19.1 Å². The molecular weight excluding hydrogens is 316 g/mol. The van der Waals surface area contributed by atoms with Crippen molar-refractivity contribution in [1.82, 2.24) is 0 Å². The summed E-state index contributed by atoms with van der Waals surface area (Å²) in [5.41, 5.74) is 1.04. The Kier molecular flexibility index (Phi) is 5.16. The van der Waals surface area contributed by atoms with Crippen molar-refractivity contribution in [3.05, 3.63) is 39.2 Å². The van der Waals surface area contributed by atoms with Crippen LogP contribution in [0.1, 0.15) is 19.4 Å². The number of rotatable bonds is 4. The van der Waals surface area contributed by atoms with Gasteiger partial charge in [-0.15, -0.1) is 0 Å². The van der Waals surface area contributed by atoms with Crippen LogP contribution in [0.25, 0.3) is 0 Å². The molecule has 3 nitrogen and oxygen atoms in total. The Balaban J connectivity index is 3.29. The van der Waals surface area contributed by atoms with Crippen molar-refractivity contribution in [3.8, 4) is 0 Å². The number of ketones is 2. The Morgan fingerprint density at radius 1 is 1.06 bits per heavy atom. The molecule has 0 saturated carbocycles. The Labute approximate surface area is 117 Å². The molecule has 0 fully saturated rings. The van der Waals surface area contributed by atoms with Crippen LogP contribution in [0.5, 0.6) is 0 Å². The molecular formula is C13H13BrO3S. The van der Waals surface area contributed by atoms with Crippen molar-refractivity contribution in [3.63, 3.8) is 0 Å². The third-order valence-corrected chi connectivity index (χ3v) is 5.03. The maximum absolute atomic E-state index is 12.3. The van der Waals surface area contributed by atoms with E-state index in [1.165, 1.54) is 13.8 Å². The van der Waals surface area contributed by atoms with Gasteiger partial charge in [-0.2, -0.15) is 0 Å². The molecule has 0 radical (unpaired) electrons. The van der Waals surface area contributed by atoms with Gasteiger partial charge in [0.1, 0.15) is 4.91 Å². The summed E-state index contributed by atoms with van der Waals surface area (Å²) < 4.78 is 12.4. The lowest BCUT2D eigenvalue weighted by atomic mass is 10.2. The molecule has 0 aliphatic rings. The molecule has 1 rings (SSSR count). The average molecular weight is 329 g/mol. The first-order valence-electron chi connectivity index (χ1n) is 5.24. The number of benzene rings is 1. The summed E-state index contributed by atoms with van der Waals surface area (Å²) in [5, 5.41) is 0. The van der Waals surface area contributed by atoms with E-state index in [9.17, 15) is 13.8 Å². The smallest absolute Gasteiger partial charge is 0.170 e. The highest BCUT2D eigenvalue weighted by molar-refractivity contribution is 9.12. The predicted molar refractivity (Wildman–Crippen MR) is 74.9 cm³/mol. The lowest BCUT2D eigenvalue weighted by Crippen LogP contribution is -2.09. The molecule has 0 N–H and O–H groups in total. The predicted octanol–water partition coefficient (Wildman–Crippen LogP) is 2.89. The standard InChI is InChI=1S/C13H13BrO3S/c1-8-4-6-11(7-5-8)18(17)13(10(3)16)12(14)9(2)15/h4-7H,1-3H3/b13-12-. The van der Waals surface area contributed by atoms with E-state index in [0.717, 1.165) is 5.56 Å². The highest BCUT2D eigenvalue weighted by Gasteiger charge is 2.21. The van der Waals surface area contributed by atoms with E-state index in [-0.39, 0.29) is 21.0 Å². The molecule has 1 aromatic carbocycles. The van der Waals surface area contributed by atoms with Crippen LogP contribution in [-0.4, -0.2) is 15.8 Å². The van der Waals surface area contributed by atoms with E-state index in [4.69, 9.17) is 0 Å². The van der Waals surface area contributed by atoms with Crippen LogP contribution in [0.15, 0.2) is 38.5 Å². The summed E-state index contributed by atoms with van der Waals surface area (Å²) in [6.45, 7) is 4.53. The zero-order valence-corrected chi connectivity index (χ0v) is 12.7. The van der Waals surface area contributed by atoms with Crippen molar-refractivity contribution in [2.75, 3.05) is 0 Å². The number of aryl methyl sites for hydroxylation is 1. The topological polar surface area (TPSA) is 51.2 Å². The van der Waals surface area contributed by atoms with Gasteiger partial charge < -0.3 is 0 Å². The molecule has 0 aromatic heterocycles. The highest BCUT2D eigenvalue weighted by Crippen LogP contribution is 2.23. The molecule has 0 spiro atoms. The van der Waals surface area contributed by atoms with E-state index in [0.29, 0.717) is 4.90 Å². The molecule has 1 atom stereocenters. The minimum absolute atomic E-state index is 0.00588. The Hall–Kier alpha value is -1.07. The number of halogens is 1. The summed E-state index contributed by atoms with van der Waals surface area (Å²) in [4.78, 5) is 23.3. The zero-order chi connectivity index (χ0) is 13.9. The van der Waals surface area contributed by atoms with Gasteiger partial charge in [0, 0.05) is 4.90 Å². The number of allylic oxidation sites excluding steroid dienone is 2. The second kappa shape index (κ2) is 6.20. The van der Waals surface area contributed by atoms with E-state index in [1.54, 1.807) is 12.1 Å². The average Bonchev–Trinajstić information content (AvgIpc) is 2.29. The first-order valence-corrected chi connectivity index (χ1v) is 7.19. The van der Waals surface area contributed by atoms with Gasteiger partial charge in [0.25, 0.3) is 0 Å². The first-order chi connectivity index (χ1) is 8.34. The lowest BCUT2D eigenvalue weighted by molar-refractivity contribution is -0.115. The number of hydrogen-bond donors (Lipinski definition) is 0. The van der Waals surface area contributed by atoms with Crippen LogP contribution >= 0.6 is 15.9 Å². The van der Waals surface area contributed by atoms with E-state index < -0.39 is 10.8 Å². The van der Waals surface area contributed by atoms with E-state index in [2.05, 4.69) is 15.9 Å². The third-order valence-electron chi connectivity index (χ3n) is 2.25. The van der Waals surface area contributed by atoms with Crippen molar-refractivity contribution in [1.29, 1.82) is 0 Å². The van der Waals surface area contributed by atoms with Crippen LogP contribution in [0.4, 0.5) is 0 Å². The molecule has 18 heavy (non-hydrogen) atoms. The summed E-state index contributed by atoms with van der Waals surface area (Å²) in [5.74, 6) is -0.698. The quantitative estimate of drug-likeness (QED) is 0.798. The summed E-state index contributed by atoms with van der Waals surface area (Å²) in [6.07, 6.45) is 0. The number of carbonyl (C=O) groups excluding carboxylic acids is 2. The molecule has 0 aliphatic heterocycles. The van der Waals surface area contributed by atoms with Gasteiger partial charge in [-0.05, 0) is 48.8 Å². The van der Waals surface area contributed by atoms with Crippen molar-refractivity contribution in [2.24, 2.45) is 0 Å². The highest BCUT2D eigenvalue weighted by atomic mass is 79.9. The van der Waals surface area contributed by atoms with Crippen LogP contribution in [0.3, 0.4) is 0 Å². The van der Waals surface area contributed by atoms with Crippen molar-refractivity contribution >= 4 is 38.3 Å². The maximum Gasteiger partial charge on any atom is 0.170 e. The van der Waals surface area contributed by atoms with Gasteiger partial charge in [0.2, 0.25) is 0 Å². The normalized spacial score (nSPS) is 13.8. The molecule has 1 unspecified atom stereocenters. The summed E-state index contributed by atoms with van der Waals surface area (Å²) >= 11 is 3.04. The molecule has 0 aliphatic carbocycles. The third kappa shape index (κ3) is 3.46. The lowest BCUT2D eigenvalue weighted by Gasteiger charge is -2.06. The van der Waals surface area contributed by atoms with Gasteiger partial charge in [0.15, 0.2) is 11.6 Å². The molecule has 0 saturated heterocycles. The molecule has 0 bridgehead atoms. The first kappa shape index (κ1) is 15.0.